The van der Waals surface area contributed by atoms with Crippen molar-refractivity contribution in [3.63, 3.8) is 0 Å². The maximum atomic E-state index is 4.58. The Hall–Kier alpha value is -0.850. The lowest BCUT2D eigenvalue weighted by atomic mass is 9.96. The molecule has 0 amide bonds. The van der Waals surface area contributed by atoms with Crippen molar-refractivity contribution in [3.8, 4) is 0 Å². The Kier molecular flexibility index (Phi) is 6.18. The second-order valence-electron chi connectivity index (χ2n) is 3.78. The molecule has 1 heteroatoms. The highest BCUT2D eigenvalue weighted by Gasteiger charge is 2.09. The highest BCUT2D eigenvalue weighted by atomic mass is 14.8. The van der Waals surface area contributed by atoms with Crippen molar-refractivity contribution in [2.45, 2.75) is 47.1 Å². The monoisotopic (exact) mass is 193 g/mol. The van der Waals surface area contributed by atoms with Crippen LogP contribution in [0.2, 0.25) is 0 Å². The van der Waals surface area contributed by atoms with Crippen LogP contribution in [-0.4, -0.2) is 11.8 Å². The van der Waals surface area contributed by atoms with E-state index < -0.39 is 0 Å². The van der Waals surface area contributed by atoms with Gasteiger partial charge in [0.15, 0.2) is 0 Å². The van der Waals surface area contributed by atoms with E-state index >= 15 is 0 Å². The Morgan fingerprint density at radius 3 is 2.43 bits per heavy atom. The minimum absolute atomic E-state index is 0.237. The zero-order chi connectivity index (χ0) is 11.1. The second-order valence-corrected chi connectivity index (χ2v) is 3.78. The number of rotatable bonds is 5. The average Bonchev–Trinajstić information content (AvgIpc) is 2.16. The summed E-state index contributed by atoms with van der Waals surface area (Å²) in [5, 5.41) is 0. The van der Waals surface area contributed by atoms with Crippen LogP contribution in [0.1, 0.15) is 41.0 Å². The molecule has 0 aliphatic rings. The van der Waals surface area contributed by atoms with E-state index in [-0.39, 0.29) is 6.04 Å². The molecule has 0 bridgehead atoms. The first-order chi connectivity index (χ1) is 6.52. The largest absolute Gasteiger partial charge is 0.287 e. The fourth-order valence-electron chi connectivity index (χ4n) is 1.30. The summed E-state index contributed by atoms with van der Waals surface area (Å²) in [4.78, 5) is 4.58. The summed E-state index contributed by atoms with van der Waals surface area (Å²) in [5.41, 5.74) is 2.39. The van der Waals surface area contributed by atoms with Gasteiger partial charge in [-0.05, 0) is 38.7 Å². The Morgan fingerprint density at radius 1 is 1.43 bits per heavy atom. The van der Waals surface area contributed by atoms with Crippen LogP contribution < -0.4 is 0 Å². The number of nitrogens with zero attached hydrogens (tertiary/aromatic N) is 1. The molecule has 0 aliphatic carbocycles. The van der Waals surface area contributed by atoms with E-state index in [0.29, 0.717) is 5.92 Å². The predicted octanol–water partition coefficient (Wildman–Crippen LogP) is 4.01. The lowest BCUT2D eigenvalue weighted by molar-refractivity contribution is 0.729. The molecule has 0 aromatic heterocycles. The van der Waals surface area contributed by atoms with Crippen molar-refractivity contribution in [1.29, 1.82) is 0 Å². The molecule has 0 N–H and O–H groups in total. The van der Waals surface area contributed by atoms with Gasteiger partial charge in [0.2, 0.25) is 0 Å². The van der Waals surface area contributed by atoms with Crippen molar-refractivity contribution in [1.82, 2.24) is 0 Å². The van der Waals surface area contributed by atoms with Crippen LogP contribution >= 0.6 is 0 Å². The van der Waals surface area contributed by atoms with Crippen LogP contribution in [-0.2, 0) is 0 Å². The van der Waals surface area contributed by atoms with Gasteiger partial charge < -0.3 is 0 Å². The third-order valence-electron chi connectivity index (χ3n) is 2.53. The summed E-state index contributed by atoms with van der Waals surface area (Å²) in [5.74, 6) is 0.420. The van der Waals surface area contributed by atoms with Gasteiger partial charge in [-0.2, -0.15) is 0 Å². The van der Waals surface area contributed by atoms with Gasteiger partial charge in [0.05, 0.1) is 6.04 Å². The molecule has 80 valence electrons. The predicted molar refractivity (Wildman–Crippen MR) is 66.0 cm³/mol. The van der Waals surface area contributed by atoms with Crippen LogP contribution in [0.3, 0.4) is 0 Å². The Morgan fingerprint density at radius 2 is 2.00 bits per heavy atom. The van der Waals surface area contributed by atoms with E-state index in [2.05, 4.69) is 51.4 Å². The molecular formula is C13H23N. The smallest absolute Gasteiger partial charge is 0.0683 e. The van der Waals surface area contributed by atoms with Crippen LogP contribution in [0.15, 0.2) is 29.3 Å². The molecule has 0 spiro atoms. The highest BCUT2D eigenvalue weighted by molar-refractivity contribution is 5.81. The maximum Gasteiger partial charge on any atom is 0.0683 e. The summed E-state index contributed by atoms with van der Waals surface area (Å²) in [6.07, 6.45) is 5.25. The Bertz CT molecular complexity index is 236. The number of aliphatic imine (C=N–C) groups is 1. The lowest BCUT2D eigenvalue weighted by Crippen LogP contribution is -2.10. The van der Waals surface area contributed by atoms with E-state index in [1.807, 2.05) is 6.92 Å². The van der Waals surface area contributed by atoms with Crippen LogP contribution in [0.5, 0.6) is 0 Å². The molecule has 0 saturated heterocycles. The van der Waals surface area contributed by atoms with E-state index in [1.54, 1.807) is 0 Å². The molecule has 2 unspecified atom stereocenters. The molecular weight excluding hydrogens is 170 g/mol. The first kappa shape index (κ1) is 13.2. The molecule has 0 aromatic rings. The lowest BCUT2D eigenvalue weighted by Gasteiger charge is -2.15. The summed E-state index contributed by atoms with van der Waals surface area (Å²) in [6.45, 7) is 14.6. The summed E-state index contributed by atoms with van der Waals surface area (Å²) < 4.78 is 0. The van der Waals surface area contributed by atoms with Gasteiger partial charge in [-0.15, -0.1) is 0 Å². The minimum Gasteiger partial charge on any atom is -0.287 e. The number of allylic oxidation sites excluding steroid dienone is 2. The fraction of sp³-hybridized carbons (Fsp3) is 0.615. The molecule has 0 fully saturated rings. The van der Waals surface area contributed by atoms with Gasteiger partial charge in [-0.25, -0.2) is 0 Å². The van der Waals surface area contributed by atoms with Gasteiger partial charge in [0.1, 0.15) is 0 Å². The highest BCUT2D eigenvalue weighted by Crippen LogP contribution is 2.16. The zero-order valence-electron chi connectivity index (χ0n) is 10.2. The summed E-state index contributed by atoms with van der Waals surface area (Å²) >= 11 is 0. The number of hydrogen-bond acceptors (Lipinski definition) is 1. The van der Waals surface area contributed by atoms with Gasteiger partial charge >= 0.3 is 0 Å². The molecule has 0 heterocycles. The second kappa shape index (κ2) is 6.58. The Balaban J connectivity index is 4.39. The number of hydrogen-bond donors (Lipinski definition) is 0. The first-order valence-corrected chi connectivity index (χ1v) is 5.37. The van der Waals surface area contributed by atoms with Crippen molar-refractivity contribution in [2.24, 2.45) is 10.9 Å². The minimum atomic E-state index is 0.237. The van der Waals surface area contributed by atoms with Crippen molar-refractivity contribution in [3.05, 3.63) is 24.3 Å². The van der Waals surface area contributed by atoms with Crippen molar-refractivity contribution < 1.29 is 0 Å². The van der Waals surface area contributed by atoms with Crippen molar-refractivity contribution in [2.75, 3.05) is 0 Å². The van der Waals surface area contributed by atoms with Crippen LogP contribution in [0.4, 0.5) is 0 Å². The van der Waals surface area contributed by atoms with Gasteiger partial charge in [-0.3, -0.25) is 4.99 Å². The molecule has 0 saturated carbocycles. The van der Waals surface area contributed by atoms with E-state index in [0.717, 1.165) is 6.42 Å². The first-order valence-electron chi connectivity index (χ1n) is 5.37. The zero-order valence-corrected chi connectivity index (χ0v) is 10.2. The van der Waals surface area contributed by atoms with Crippen LogP contribution in [0, 0.1) is 5.92 Å². The van der Waals surface area contributed by atoms with E-state index in [9.17, 15) is 0 Å². The standard InChI is InChI=1S/C13H23N/c1-7-9-10(3)12(5)13(6)14-11(4)8-2/h7,9-10,13H,5,8H2,1-4,6H3/b9-7?,14-11-. The summed E-state index contributed by atoms with van der Waals surface area (Å²) in [6, 6.07) is 0.237. The van der Waals surface area contributed by atoms with E-state index in [4.69, 9.17) is 0 Å². The van der Waals surface area contributed by atoms with Gasteiger partial charge in [-0.1, -0.05) is 32.6 Å². The Labute approximate surface area is 88.6 Å². The van der Waals surface area contributed by atoms with Crippen LogP contribution in [0.25, 0.3) is 0 Å². The molecule has 0 aliphatic heterocycles. The normalized spacial score (nSPS) is 17.1. The average molecular weight is 193 g/mol. The van der Waals surface area contributed by atoms with Crippen molar-refractivity contribution >= 4 is 5.71 Å². The fourth-order valence-corrected chi connectivity index (χ4v) is 1.30. The summed E-state index contributed by atoms with van der Waals surface area (Å²) in [7, 11) is 0. The molecule has 0 rings (SSSR count). The molecule has 1 nitrogen and oxygen atoms in total. The van der Waals surface area contributed by atoms with Gasteiger partial charge in [0, 0.05) is 5.71 Å². The molecule has 2 atom stereocenters. The topological polar surface area (TPSA) is 12.4 Å². The van der Waals surface area contributed by atoms with E-state index in [1.165, 1.54) is 11.3 Å². The molecule has 0 aromatic carbocycles. The van der Waals surface area contributed by atoms with Gasteiger partial charge in [0.25, 0.3) is 0 Å². The maximum absolute atomic E-state index is 4.58. The quantitative estimate of drug-likeness (QED) is 0.462. The molecule has 14 heavy (non-hydrogen) atoms. The third-order valence-corrected chi connectivity index (χ3v) is 2.53. The molecule has 0 radical (unpaired) electrons. The third kappa shape index (κ3) is 4.40. The SMILES string of the molecule is C=C(C(C)C=CC)C(C)/N=C(/C)CC.